The van der Waals surface area contributed by atoms with Crippen molar-refractivity contribution >= 4 is 28.7 Å². The third-order valence-electron chi connectivity index (χ3n) is 8.08. The molecule has 6 nitrogen and oxygen atoms in total. The first kappa shape index (κ1) is 26.1. The van der Waals surface area contributed by atoms with Crippen molar-refractivity contribution in [3.63, 3.8) is 0 Å². The molecule has 0 saturated carbocycles. The number of phenolic OH excluding ortho intramolecular Hbond substituents is 1. The van der Waals surface area contributed by atoms with Gasteiger partial charge in [-0.1, -0.05) is 68.3 Å². The number of hydrogen-bond donors (Lipinski definition) is 3. The molecule has 36 heavy (non-hydrogen) atoms. The van der Waals surface area contributed by atoms with Crippen LogP contribution in [0.25, 0.3) is 16.8 Å². The van der Waals surface area contributed by atoms with Gasteiger partial charge in [0.2, 0.25) is 11.8 Å². The fourth-order valence-corrected chi connectivity index (χ4v) is 6.08. The molecule has 4 atom stereocenters. The van der Waals surface area contributed by atoms with Crippen LogP contribution in [-0.4, -0.2) is 51.8 Å². The Balaban J connectivity index is 1.61. The summed E-state index contributed by atoms with van der Waals surface area (Å²) < 4.78 is 0. The summed E-state index contributed by atoms with van der Waals surface area (Å²) in [6.45, 7) is 5.89. The van der Waals surface area contributed by atoms with Crippen LogP contribution in [0.3, 0.4) is 0 Å². The minimum Gasteiger partial charge on any atom is -0.507 e. The summed E-state index contributed by atoms with van der Waals surface area (Å²) in [6.07, 6.45) is 3.70. The number of carbonyl (C=O) groups excluding carboxylic acids is 2. The minimum absolute atomic E-state index is 0.100. The third kappa shape index (κ3) is 4.60. The zero-order chi connectivity index (χ0) is 26.1. The van der Waals surface area contributed by atoms with Gasteiger partial charge in [0, 0.05) is 18.4 Å². The van der Waals surface area contributed by atoms with Crippen LogP contribution in [0, 0.1) is 23.7 Å². The summed E-state index contributed by atoms with van der Waals surface area (Å²) in [6, 6.07) is 11.4. The van der Waals surface area contributed by atoms with E-state index in [4.69, 9.17) is 0 Å². The predicted molar refractivity (Wildman–Crippen MR) is 141 cm³/mol. The molecule has 4 rings (SSSR count). The topological polar surface area (TPSA) is 98.1 Å². The fourth-order valence-electron chi connectivity index (χ4n) is 6.08. The van der Waals surface area contributed by atoms with Crippen molar-refractivity contribution in [2.45, 2.75) is 52.6 Å². The highest BCUT2D eigenvalue weighted by molar-refractivity contribution is 6.05. The summed E-state index contributed by atoms with van der Waals surface area (Å²) in [4.78, 5) is 26.8. The highest BCUT2D eigenvalue weighted by Crippen LogP contribution is 2.47. The summed E-state index contributed by atoms with van der Waals surface area (Å²) in [5.41, 5.74) is 3.92. The first-order valence-electron chi connectivity index (χ1n) is 12.9. The van der Waals surface area contributed by atoms with E-state index in [9.17, 15) is 24.9 Å². The van der Waals surface area contributed by atoms with E-state index in [0.717, 1.165) is 39.5 Å². The SMILES string of the molecule is CC/C(=C\c1ccc(O)c2ccccc12)CC[C@@H](O)C1=C(C(C)C)C[C@H]2C(=O)N(C)C(=O)[C@H]2[C@H]1CO. The number of fused-ring (bicyclic) bond motifs is 2. The van der Waals surface area contributed by atoms with E-state index >= 15 is 0 Å². The smallest absolute Gasteiger partial charge is 0.233 e. The molecule has 3 N–H and O–H groups in total. The van der Waals surface area contributed by atoms with Crippen molar-refractivity contribution in [3.8, 4) is 5.75 Å². The maximum atomic E-state index is 12.9. The second-order valence-corrected chi connectivity index (χ2v) is 10.4. The van der Waals surface area contributed by atoms with Crippen molar-refractivity contribution in [2.75, 3.05) is 13.7 Å². The van der Waals surface area contributed by atoms with Gasteiger partial charge in [0.1, 0.15) is 5.75 Å². The Morgan fingerprint density at radius 2 is 1.81 bits per heavy atom. The highest BCUT2D eigenvalue weighted by Gasteiger charge is 2.53. The Bertz CT molecular complexity index is 1230. The third-order valence-corrected chi connectivity index (χ3v) is 8.08. The Morgan fingerprint density at radius 1 is 1.11 bits per heavy atom. The van der Waals surface area contributed by atoms with Gasteiger partial charge in [-0.3, -0.25) is 14.5 Å². The van der Waals surface area contributed by atoms with Crippen molar-refractivity contribution in [1.82, 2.24) is 4.90 Å². The quantitative estimate of drug-likeness (QED) is 0.368. The maximum absolute atomic E-state index is 12.9. The highest BCUT2D eigenvalue weighted by atomic mass is 16.3. The molecule has 0 spiro atoms. The Labute approximate surface area is 212 Å². The number of aromatic hydroxyl groups is 1. The van der Waals surface area contributed by atoms with Gasteiger partial charge >= 0.3 is 0 Å². The number of rotatable bonds is 8. The summed E-state index contributed by atoms with van der Waals surface area (Å²) in [5, 5.41) is 33.7. The van der Waals surface area contributed by atoms with Crippen LogP contribution in [0.15, 0.2) is 53.1 Å². The number of hydrogen-bond acceptors (Lipinski definition) is 5. The number of imide groups is 1. The van der Waals surface area contributed by atoms with Gasteiger partial charge in [-0.25, -0.2) is 0 Å². The molecular formula is C30H37NO5. The largest absolute Gasteiger partial charge is 0.507 e. The Hall–Kier alpha value is -2.96. The number of amides is 2. The fraction of sp³-hybridized carbons (Fsp3) is 0.467. The molecule has 2 aliphatic rings. The lowest BCUT2D eigenvalue weighted by atomic mass is 9.66. The van der Waals surface area contributed by atoms with Crippen LogP contribution < -0.4 is 0 Å². The molecule has 192 valence electrons. The Morgan fingerprint density at radius 3 is 2.44 bits per heavy atom. The van der Waals surface area contributed by atoms with E-state index in [2.05, 4.69) is 13.0 Å². The molecular weight excluding hydrogens is 454 g/mol. The lowest BCUT2D eigenvalue weighted by Crippen LogP contribution is -2.39. The van der Waals surface area contributed by atoms with E-state index in [1.807, 2.05) is 44.2 Å². The van der Waals surface area contributed by atoms with Gasteiger partial charge in [0.25, 0.3) is 0 Å². The van der Waals surface area contributed by atoms with Crippen molar-refractivity contribution in [1.29, 1.82) is 0 Å². The molecule has 0 unspecified atom stereocenters. The summed E-state index contributed by atoms with van der Waals surface area (Å²) in [5.74, 6) is -1.71. The van der Waals surface area contributed by atoms with Crippen LogP contribution in [0.1, 0.15) is 52.0 Å². The number of aliphatic hydroxyl groups is 2. The van der Waals surface area contributed by atoms with Crippen LogP contribution in [0.2, 0.25) is 0 Å². The molecule has 1 aliphatic heterocycles. The molecule has 2 aromatic rings. The first-order chi connectivity index (χ1) is 17.2. The number of carbonyl (C=O) groups is 2. The van der Waals surface area contributed by atoms with E-state index in [-0.39, 0.29) is 30.1 Å². The number of allylic oxidation sites excluding steroid dienone is 2. The van der Waals surface area contributed by atoms with Crippen molar-refractivity contribution < 1.29 is 24.9 Å². The zero-order valence-electron chi connectivity index (χ0n) is 21.6. The Kier molecular flexibility index (Phi) is 7.67. The van der Waals surface area contributed by atoms with E-state index < -0.39 is 23.9 Å². The van der Waals surface area contributed by atoms with Crippen LogP contribution >= 0.6 is 0 Å². The molecule has 1 aliphatic carbocycles. The molecule has 0 radical (unpaired) electrons. The average molecular weight is 492 g/mol. The molecule has 1 heterocycles. The lowest BCUT2D eigenvalue weighted by molar-refractivity contribution is -0.138. The van der Waals surface area contributed by atoms with Gasteiger partial charge < -0.3 is 15.3 Å². The molecule has 6 heteroatoms. The summed E-state index contributed by atoms with van der Waals surface area (Å²) in [7, 11) is 1.51. The lowest BCUT2D eigenvalue weighted by Gasteiger charge is -2.38. The number of aliphatic hydroxyl groups excluding tert-OH is 2. The number of phenols is 1. The van der Waals surface area contributed by atoms with Crippen LogP contribution in [0.5, 0.6) is 5.75 Å². The van der Waals surface area contributed by atoms with Crippen LogP contribution in [0.4, 0.5) is 0 Å². The van der Waals surface area contributed by atoms with Crippen molar-refractivity contribution in [3.05, 3.63) is 58.7 Å². The van der Waals surface area contributed by atoms with Crippen LogP contribution in [-0.2, 0) is 9.59 Å². The van der Waals surface area contributed by atoms with Gasteiger partial charge in [-0.2, -0.15) is 0 Å². The van der Waals surface area contributed by atoms with Gasteiger partial charge in [0.05, 0.1) is 24.5 Å². The van der Waals surface area contributed by atoms with Crippen molar-refractivity contribution in [2.24, 2.45) is 23.7 Å². The van der Waals surface area contributed by atoms with E-state index in [0.29, 0.717) is 19.3 Å². The maximum Gasteiger partial charge on any atom is 0.233 e. The van der Waals surface area contributed by atoms with E-state index in [1.54, 1.807) is 6.07 Å². The normalized spacial score (nSPS) is 23.7. The molecule has 0 aromatic heterocycles. The molecule has 2 aromatic carbocycles. The second kappa shape index (κ2) is 10.6. The monoisotopic (exact) mass is 491 g/mol. The van der Waals surface area contributed by atoms with E-state index in [1.165, 1.54) is 11.9 Å². The standard InChI is InChI=1S/C30H37NO5/c1-5-18(14-19-11-13-25(33)21-9-7-6-8-20(19)21)10-12-26(34)27-22(17(2)3)15-23-28(24(27)16-32)30(36)31(4)29(23)35/h6-9,11,13-14,17,23-24,26,28,32-34H,5,10,12,15-16H2,1-4H3/b18-14+/t23-,24+,26-,28-/m1/s1. The average Bonchev–Trinajstić information content (AvgIpc) is 3.10. The molecule has 1 fully saturated rings. The van der Waals surface area contributed by atoms with Gasteiger partial charge in [-0.05, 0) is 54.2 Å². The number of benzene rings is 2. The second-order valence-electron chi connectivity index (χ2n) is 10.4. The molecule has 1 saturated heterocycles. The van der Waals surface area contributed by atoms with Gasteiger partial charge in [-0.15, -0.1) is 0 Å². The molecule has 0 bridgehead atoms. The number of likely N-dealkylation sites (tertiary alicyclic amines) is 1. The minimum atomic E-state index is -0.805. The predicted octanol–water partition coefficient (Wildman–Crippen LogP) is 4.68. The first-order valence-corrected chi connectivity index (χ1v) is 12.9. The molecule has 2 amide bonds. The van der Waals surface area contributed by atoms with Gasteiger partial charge in [0.15, 0.2) is 0 Å². The summed E-state index contributed by atoms with van der Waals surface area (Å²) >= 11 is 0. The zero-order valence-corrected chi connectivity index (χ0v) is 21.6. The number of nitrogens with zero attached hydrogens (tertiary/aromatic N) is 1.